The van der Waals surface area contributed by atoms with Gasteiger partial charge in [-0.05, 0) is 48.3 Å². The first kappa shape index (κ1) is 14.6. The molecule has 116 valence electrons. The van der Waals surface area contributed by atoms with E-state index >= 15 is 0 Å². The number of ether oxygens (including phenoxy) is 1. The Labute approximate surface area is 128 Å². The Morgan fingerprint density at radius 2 is 2.00 bits per heavy atom. The highest BCUT2D eigenvalue weighted by atomic mass is 16.5. The van der Waals surface area contributed by atoms with Gasteiger partial charge in [-0.1, -0.05) is 18.2 Å². The Morgan fingerprint density at radius 3 is 2.50 bits per heavy atom. The molecule has 4 atom stereocenters. The largest absolute Gasteiger partial charge is 0.496 e. The molecular formula is C17H18O5. The maximum atomic E-state index is 11.8. The van der Waals surface area contributed by atoms with Crippen molar-refractivity contribution in [3.63, 3.8) is 0 Å². The first-order valence-electron chi connectivity index (χ1n) is 7.33. The van der Waals surface area contributed by atoms with Crippen molar-refractivity contribution in [2.45, 2.75) is 18.8 Å². The molecule has 0 spiro atoms. The Hall–Kier alpha value is -2.30. The van der Waals surface area contributed by atoms with E-state index < -0.39 is 17.9 Å². The molecule has 0 saturated heterocycles. The maximum Gasteiger partial charge on any atom is 0.339 e. The third-order valence-corrected chi connectivity index (χ3v) is 4.84. The minimum atomic E-state index is -1.12. The molecule has 0 amide bonds. The molecule has 0 heterocycles. The number of rotatable bonds is 5. The molecule has 1 saturated carbocycles. The summed E-state index contributed by atoms with van der Waals surface area (Å²) in [5.41, 5.74) is 0.543. The quantitative estimate of drug-likeness (QED) is 0.817. The van der Waals surface area contributed by atoms with Crippen LogP contribution in [-0.2, 0) is 4.79 Å². The highest BCUT2D eigenvalue weighted by Gasteiger charge is 2.43. The highest BCUT2D eigenvalue weighted by Crippen LogP contribution is 2.49. The molecular weight excluding hydrogens is 284 g/mol. The third kappa shape index (κ3) is 2.36. The smallest absolute Gasteiger partial charge is 0.339 e. The Kier molecular flexibility index (Phi) is 3.64. The van der Waals surface area contributed by atoms with Crippen LogP contribution in [0.5, 0.6) is 5.75 Å². The number of hydrogen-bond acceptors (Lipinski definition) is 3. The number of methoxy groups -OCH3 is 1. The first-order valence-corrected chi connectivity index (χ1v) is 7.33. The van der Waals surface area contributed by atoms with E-state index in [0.717, 1.165) is 12.8 Å². The van der Waals surface area contributed by atoms with Crippen LogP contribution in [0.25, 0.3) is 0 Å². The highest BCUT2D eigenvalue weighted by molar-refractivity contribution is 5.91. The summed E-state index contributed by atoms with van der Waals surface area (Å²) in [6.45, 7) is 0. The van der Waals surface area contributed by atoms with Gasteiger partial charge >= 0.3 is 11.9 Å². The fourth-order valence-corrected chi connectivity index (χ4v) is 3.87. The molecule has 0 aromatic heterocycles. The zero-order valence-electron chi connectivity index (χ0n) is 12.2. The van der Waals surface area contributed by atoms with Gasteiger partial charge in [0.15, 0.2) is 0 Å². The van der Waals surface area contributed by atoms with Gasteiger partial charge in [0.25, 0.3) is 0 Å². The lowest BCUT2D eigenvalue weighted by atomic mass is 9.78. The molecule has 1 aromatic carbocycles. The molecule has 2 bridgehead atoms. The number of hydrogen-bond donors (Lipinski definition) is 2. The fraction of sp³-hybridized carbons (Fsp3) is 0.412. The second kappa shape index (κ2) is 5.48. The van der Waals surface area contributed by atoms with Crippen LogP contribution in [-0.4, -0.2) is 29.3 Å². The lowest BCUT2D eigenvalue weighted by Crippen LogP contribution is -2.25. The molecule has 1 fully saturated rings. The van der Waals surface area contributed by atoms with Gasteiger partial charge in [-0.25, -0.2) is 4.79 Å². The van der Waals surface area contributed by atoms with E-state index in [1.165, 1.54) is 19.2 Å². The van der Waals surface area contributed by atoms with E-state index in [1.54, 1.807) is 6.07 Å². The molecule has 0 radical (unpaired) electrons. The van der Waals surface area contributed by atoms with E-state index in [2.05, 4.69) is 12.2 Å². The first-order chi connectivity index (χ1) is 10.5. The van der Waals surface area contributed by atoms with E-state index in [1.807, 2.05) is 0 Å². The average molecular weight is 302 g/mol. The number of carbonyl (C=O) groups is 2. The molecule has 2 aliphatic rings. The molecule has 1 aromatic rings. The normalized spacial score (nSPS) is 26.9. The van der Waals surface area contributed by atoms with Gasteiger partial charge in [0.2, 0.25) is 0 Å². The summed E-state index contributed by atoms with van der Waals surface area (Å²) in [7, 11) is 1.40. The van der Waals surface area contributed by atoms with E-state index in [4.69, 9.17) is 4.74 Å². The topological polar surface area (TPSA) is 83.8 Å². The van der Waals surface area contributed by atoms with Crippen LogP contribution in [0.3, 0.4) is 0 Å². The van der Waals surface area contributed by atoms with Crippen LogP contribution >= 0.6 is 0 Å². The molecule has 5 nitrogen and oxygen atoms in total. The van der Waals surface area contributed by atoms with Crippen molar-refractivity contribution < 1.29 is 24.5 Å². The molecule has 5 heteroatoms. The van der Waals surface area contributed by atoms with Crippen molar-refractivity contribution in [3.8, 4) is 5.75 Å². The zero-order chi connectivity index (χ0) is 15.9. The lowest BCUT2D eigenvalue weighted by Gasteiger charge is -2.26. The average Bonchev–Trinajstić information content (AvgIpc) is 3.09. The number of carboxylic acids is 2. The van der Waals surface area contributed by atoms with E-state index in [9.17, 15) is 19.8 Å². The Balaban J connectivity index is 1.99. The van der Waals surface area contributed by atoms with Crippen molar-refractivity contribution in [2.75, 3.05) is 7.11 Å². The van der Waals surface area contributed by atoms with Gasteiger partial charge in [-0.3, -0.25) is 4.79 Å². The number of fused-ring (bicyclic) bond motifs is 2. The second-order valence-electron chi connectivity index (χ2n) is 6.02. The third-order valence-electron chi connectivity index (χ3n) is 4.84. The summed E-state index contributed by atoms with van der Waals surface area (Å²) in [5, 5.41) is 18.9. The summed E-state index contributed by atoms with van der Waals surface area (Å²) >= 11 is 0. The van der Waals surface area contributed by atoms with Gasteiger partial charge in [0.05, 0.1) is 13.0 Å². The van der Waals surface area contributed by atoms with Crippen molar-refractivity contribution >= 4 is 11.9 Å². The zero-order valence-corrected chi connectivity index (χ0v) is 12.2. The SMILES string of the molecule is COc1ccc(C(C(=O)O)C2CC3C=CC2C3)cc1C(=O)O. The molecule has 22 heavy (non-hydrogen) atoms. The van der Waals surface area contributed by atoms with E-state index in [-0.39, 0.29) is 23.1 Å². The summed E-state index contributed by atoms with van der Waals surface area (Å²) in [4.78, 5) is 23.1. The standard InChI is InChI=1S/C17H18O5/c1-22-14-5-4-11(8-13(14)16(18)19)15(17(20)21)12-7-9-2-3-10(12)6-9/h2-5,8-10,12,15H,6-7H2,1H3,(H,18,19)(H,20,21). The van der Waals surface area contributed by atoms with Crippen LogP contribution in [0.15, 0.2) is 30.4 Å². The van der Waals surface area contributed by atoms with Gasteiger partial charge in [-0.2, -0.15) is 0 Å². The monoisotopic (exact) mass is 302 g/mol. The number of aliphatic carboxylic acids is 1. The van der Waals surface area contributed by atoms with Gasteiger partial charge < -0.3 is 14.9 Å². The lowest BCUT2D eigenvalue weighted by molar-refractivity contribution is -0.140. The van der Waals surface area contributed by atoms with Crippen molar-refractivity contribution in [2.24, 2.45) is 17.8 Å². The van der Waals surface area contributed by atoms with E-state index in [0.29, 0.717) is 11.5 Å². The van der Waals surface area contributed by atoms with Crippen LogP contribution in [0.2, 0.25) is 0 Å². The number of carboxylic acid groups (broad SMARTS) is 2. The molecule has 3 rings (SSSR count). The second-order valence-corrected chi connectivity index (χ2v) is 6.02. The molecule has 0 aliphatic heterocycles. The number of allylic oxidation sites excluding steroid dienone is 2. The van der Waals surface area contributed by atoms with Crippen molar-refractivity contribution in [1.82, 2.24) is 0 Å². The predicted octanol–water partition coefficient (Wildman–Crippen LogP) is 2.77. The van der Waals surface area contributed by atoms with Crippen LogP contribution in [0.4, 0.5) is 0 Å². The summed E-state index contributed by atoms with van der Waals surface area (Å²) in [6, 6.07) is 4.65. The molecule has 4 unspecified atom stereocenters. The van der Waals surface area contributed by atoms with Gasteiger partial charge in [0.1, 0.15) is 11.3 Å². The molecule has 2 N–H and O–H groups in total. The summed E-state index contributed by atoms with van der Waals surface area (Å²) in [6.07, 6.45) is 6.14. The van der Waals surface area contributed by atoms with Crippen LogP contribution in [0, 0.1) is 17.8 Å². The number of aromatic carboxylic acids is 1. The van der Waals surface area contributed by atoms with Gasteiger partial charge in [-0.15, -0.1) is 0 Å². The predicted molar refractivity (Wildman–Crippen MR) is 79.2 cm³/mol. The van der Waals surface area contributed by atoms with Crippen molar-refractivity contribution in [1.29, 1.82) is 0 Å². The maximum absolute atomic E-state index is 11.8. The molecule has 2 aliphatic carbocycles. The van der Waals surface area contributed by atoms with Gasteiger partial charge in [0, 0.05) is 0 Å². The Bertz CT molecular complexity index is 648. The van der Waals surface area contributed by atoms with Crippen LogP contribution < -0.4 is 4.74 Å². The minimum absolute atomic E-state index is 0.00458. The van der Waals surface area contributed by atoms with Crippen LogP contribution in [0.1, 0.15) is 34.7 Å². The van der Waals surface area contributed by atoms with Crippen molar-refractivity contribution in [3.05, 3.63) is 41.5 Å². The fourth-order valence-electron chi connectivity index (χ4n) is 3.87. The summed E-state index contributed by atoms with van der Waals surface area (Å²) in [5.74, 6) is -1.67. The summed E-state index contributed by atoms with van der Waals surface area (Å²) < 4.78 is 5.04. The Morgan fingerprint density at radius 1 is 1.23 bits per heavy atom. The number of benzene rings is 1. The minimum Gasteiger partial charge on any atom is -0.496 e.